The van der Waals surface area contributed by atoms with Gasteiger partial charge in [0, 0.05) is 37.8 Å². The molecule has 4 heterocycles. The standard InChI is InChI=1S/C25H26FN7O/c26-20-14-32(17-12-28-13-17)11-10-21(20)33-25-22(24(27)29-15-30-25)23(31-33)16-6-8-19(9-7-16)34-18-4-2-1-3-5-18/h1-9,15,17,20-21,28H,10-14H2,(H2,27,29,30)/t20-,21-/m0/s1. The van der Waals surface area contributed by atoms with E-state index in [-0.39, 0.29) is 0 Å². The van der Waals surface area contributed by atoms with Crippen molar-refractivity contribution in [1.82, 2.24) is 30.0 Å². The number of anilines is 1. The molecule has 6 rings (SSSR count). The van der Waals surface area contributed by atoms with Crippen molar-refractivity contribution in [3.63, 3.8) is 0 Å². The molecule has 0 radical (unpaired) electrons. The topological polar surface area (TPSA) is 94.1 Å². The highest BCUT2D eigenvalue weighted by Crippen LogP contribution is 2.36. The number of nitrogen functional groups attached to an aromatic ring is 1. The van der Waals surface area contributed by atoms with E-state index >= 15 is 4.39 Å². The molecule has 0 saturated carbocycles. The molecule has 9 heteroatoms. The molecule has 4 aromatic rings. The van der Waals surface area contributed by atoms with Crippen molar-refractivity contribution in [3.05, 3.63) is 60.9 Å². The van der Waals surface area contributed by atoms with Crippen LogP contribution in [0.1, 0.15) is 12.5 Å². The molecule has 2 aliphatic rings. The van der Waals surface area contributed by atoms with Crippen molar-refractivity contribution in [2.45, 2.75) is 24.7 Å². The number of rotatable bonds is 5. The van der Waals surface area contributed by atoms with E-state index < -0.39 is 12.2 Å². The van der Waals surface area contributed by atoms with Gasteiger partial charge in [0.15, 0.2) is 5.65 Å². The predicted octanol–water partition coefficient (Wildman–Crippen LogP) is 3.42. The Labute approximate surface area is 196 Å². The van der Waals surface area contributed by atoms with Crippen molar-refractivity contribution in [1.29, 1.82) is 0 Å². The number of fused-ring (bicyclic) bond motifs is 1. The summed E-state index contributed by atoms with van der Waals surface area (Å²) in [7, 11) is 0. The zero-order valence-corrected chi connectivity index (χ0v) is 18.6. The number of nitrogens with zero attached hydrogens (tertiary/aromatic N) is 5. The predicted molar refractivity (Wildman–Crippen MR) is 128 cm³/mol. The number of ether oxygens (including phenoxy) is 1. The monoisotopic (exact) mass is 459 g/mol. The number of benzene rings is 2. The summed E-state index contributed by atoms with van der Waals surface area (Å²) in [6.45, 7) is 3.10. The number of hydrogen-bond acceptors (Lipinski definition) is 7. The minimum atomic E-state index is -1.04. The fourth-order valence-electron chi connectivity index (χ4n) is 4.79. The summed E-state index contributed by atoms with van der Waals surface area (Å²) in [6, 6.07) is 17.3. The van der Waals surface area contributed by atoms with E-state index in [1.54, 1.807) is 4.68 Å². The molecule has 0 aliphatic carbocycles. The maximum atomic E-state index is 15.4. The zero-order chi connectivity index (χ0) is 23.1. The maximum absolute atomic E-state index is 15.4. The van der Waals surface area contributed by atoms with E-state index in [1.165, 1.54) is 6.33 Å². The average Bonchev–Trinajstić information content (AvgIpc) is 3.20. The van der Waals surface area contributed by atoms with E-state index in [1.807, 2.05) is 54.6 Å². The van der Waals surface area contributed by atoms with Crippen molar-refractivity contribution >= 4 is 16.9 Å². The normalized spacial score (nSPS) is 21.4. The largest absolute Gasteiger partial charge is 0.457 e. The van der Waals surface area contributed by atoms with Crippen LogP contribution in [0.15, 0.2) is 60.9 Å². The first-order valence-corrected chi connectivity index (χ1v) is 11.6. The Balaban J connectivity index is 1.32. The lowest BCUT2D eigenvalue weighted by atomic mass is 9.99. The van der Waals surface area contributed by atoms with Crippen LogP contribution in [-0.2, 0) is 0 Å². The number of hydrogen-bond donors (Lipinski definition) is 2. The van der Waals surface area contributed by atoms with Crippen molar-refractivity contribution in [2.24, 2.45) is 0 Å². The Morgan fingerprint density at radius 3 is 2.47 bits per heavy atom. The molecule has 2 fully saturated rings. The molecule has 0 unspecified atom stereocenters. The summed E-state index contributed by atoms with van der Waals surface area (Å²) in [6.07, 6.45) is 1.05. The third-order valence-electron chi connectivity index (χ3n) is 6.75. The Kier molecular flexibility index (Phi) is 5.35. The Morgan fingerprint density at radius 1 is 1.00 bits per heavy atom. The molecule has 0 amide bonds. The fourth-order valence-corrected chi connectivity index (χ4v) is 4.79. The second kappa shape index (κ2) is 8.66. The third kappa shape index (κ3) is 3.76. The van der Waals surface area contributed by atoms with Crippen LogP contribution in [0.5, 0.6) is 11.5 Å². The first-order valence-electron chi connectivity index (χ1n) is 11.6. The summed E-state index contributed by atoms with van der Waals surface area (Å²) < 4.78 is 23.0. The van der Waals surface area contributed by atoms with Gasteiger partial charge < -0.3 is 15.8 Å². The first-order chi connectivity index (χ1) is 16.7. The van der Waals surface area contributed by atoms with Crippen LogP contribution in [0.2, 0.25) is 0 Å². The van der Waals surface area contributed by atoms with E-state index in [9.17, 15) is 0 Å². The number of likely N-dealkylation sites (tertiary alicyclic amines) is 1. The first kappa shape index (κ1) is 21.0. The molecule has 0 bridgehead atoms. The van der Waals surface area contributed by atoms with Gasteiger partial charge in [-0.2, -0.15) is 5.10 Å². The lowest BCUT2D eigenvalue weighted by Crippen LogP contribution is -2.60. The van der Waals surface area contributed by atoms with Crippen molar-refractivity contribution in [3.8, 4) is 22.8 Å². The van der Waals surface area contributed by atoms with Crippen LogP contribution in [0.4, 0.5) is 10.2 Å². The average molecular weight is 460 g/mol. The smallest absolute Gasteiger partial charge is 0.164 e. The molecule has 2 atom stereocenters. The fraction of sp³-hybridized carbons (Fsp3) is 0.320. The second-order valence-electron chi connectivity index (χ2n) is 8.87. The van der Waals surface area contributed by atoms with Gasteiger partial charge in [0.1, 0.15) is 35.5 Å². The molecule has 34 heavy (non-hydrogen) atoms. The minimum absolute atomic E-state index is 0.337. The number of alkyl halides is 1. The van der Waals surface area contributed by atoms with E-state index in [0.29, 0.717) is 47.3 Å². The van der Waals surface area contributed by atoms with Gasteiger partial charge in [-0.1, -0.05) is 18.2 Å². The van der Waals surface area contributed by atoms with Crippen LogP contribution < -0.4 is 15.8 Å². The molecule has 3 N–H and O–H groups in total. The van der Waals surface area contributed by atoms with Crippen molar-refractivity contribution in [2.75, 3.05) is 31.9 Å². The van der Waals surface area contributed by atoms with Gasteiger partial charge in [-0.3, -0.25) is 4.90 Å². The van der Waals surface area contributed by atoms with Crippen molar-refractivity contribution < 1.29 is 9.13 Å². The molecule has 2 aliphatic heterocycles. The highest BCUT2D eigenvalue weighted by Gasteiger charge is 2.37. The number of nitrogens with two attached hydrogens (primary N) is 1. The number of halogens is 1. The lowest BCUT2D eigenvalue weighted by Gasteiger charge is -2.43. The molecule has 2 aromatic heterocycles. The summed E-state index contributed by atoms with van der Waals surface area (Å²) >= 11 is 0. The maximum Gasteiger partial charge on any atom is 0.164 e. The van der Waals surface area contributed by atoms with Gasteiger partial charge >= 0.3 is 0 Å². The van der Waals surface area contributed by atoms with Gasteiger partial charge in [0.2, 0.25) is 0 Å². The van der Waals surface area contributed by atoms with Crippen LogP contribution in [0.3, 0.4) is 0 Å². The lowest BCUT2D eigenvalue weighted by molar-refractivity contribution is 0.0401. The molecule has 2 aromatic carbocycles. The van der Waals surface area contributed by atoms with Crippen LogP contribution in [0, 0.1) is 0 Å². The highest BCUT2D eigenvalue weighted by atomic mass is 19.1. The van der Waals surface area contributed by atoms with Crippen LogP contribution in [-0.4, -0.2) is 63.0 Å². The summed E-state index contributed by atoms with van der Waals surface area (Å²) in [5.41, 5.74) is 8.32. The van der Waals surface area contributed by atoms with E-state index in [0.717, 1.165) is 30.9 Å². The van der Waals surface area contributed by atoms with Crippen LogP contribution in [0.25, 0.3) is 22.3 Å². The van der Waals surface area contributed by atoms with Crippen LogP contribution >= 0.6 is 0 Å². The Hall–Kier alpha value is -3.56. The summed E-state index contributed by atoms with van der Waals surface area (Å²) in [4.78, 5) is 10.9. The summed E-state index contributed by atoms with van der Waals surface area (Å²) in [5, 5.41) is 8.75. The quantitative estimate of drug-likeness (QED) is 0.472. The molecular formula is C25H26FN7O. The molecule has 0 spiro atoms. The Morgan fingerprint density at radius 2 is 1.76 bits per heavy atom. The number of para-hydroxylation sites is 1. The Bertz CT molecular complexity index is 1290. The van der Waals surface area contributed by atoms with Gasteiger partial charge in [-0.15, -0.1) is 0 Å². The SMILES string of the molecule is Nc1ncnc2c1c(-c1ccc(Oc3ccccc3)cc1)nn2[C@H]1CCN(C2CNC2)C[C@@H]1F. The second-order valence-corrected chi connectivity index (χ2v) is 8.87. The number of aromatic nitrogens is 4. The minimum Gasteiger partial charge on any atom is -0.457 e. The highest BCUT2D eigenvalue weighted by molar-refractivity contribution is 5.98. The van der Waals surface area contributed by atoms with E-state index in [4.69, 9.17) is 15.6 Å². The molecule has 8 nitrogen and oxygen atoms in total. The molecule has 2 saturated heterocycles. The molecular weight excluding hydrogens is 433 g/mol. The van der Waals surface area contributed by atoms with Gasteiger partial charge in [0.05, 0.1) is 11.4 Å². The third-order valence-corrected chi connectivity index (χ3v) is 6.75. The van der Waals surface area contributed by atoms with Gasteiger partial charge in [0.25, 0.3) is 0 Å². The zero-order valence-electron chi connectivity index (χ0n) is 18.6. The number of piperidine rings is 1. The van der Waals surface area contributed by atoms with Gasteiger partial charge in [-0.25, -0.2) is 19.0 Å². The molecule has 174 valence electrons. The number of nitrogens with one attached hydrogen (secondary N) is 1. The summed E-state index contributed by atoms with van der Waals surface area (Å²) in [5.74, 6) is 1.81. The van der Waals surface area contributed by atoms with Gasteiger partial charge in [-0.05, 0) is 42.8 Å². The van der Waals surface area contributed by atoms with E-state index in [2.05, 4.69) is 20.2 Å².